The van der Waals surface area contributed by atoms with Gasteiger partial charge in [0.2, 0.25) is 5.91 Å². The lowest BCUT2D eigenvalue weighted by atomic mass is 10.1. The van der Waals surface area contributed by atoms with Crippen LogP contribution in [0.15, 0.2) is 30.3 Å². The van der Waals surface area contributed by atoms with Crippen molar-refractivity contribution in [2.45, 2.75) is 12.3 Å². The monoisotopic (exact) mass is 377 g/mol. The molecule has 0 saturated heterocycles. The highest BCUT2D eigenvalue weighted by molar-refractivity contribution is 5.99. The van der Waals surface area contributed by atoms with Gasteiger partial charge in [0.15, 0.2) is 23.1 Å². The molecule has 1 aliphatic rings. The van der Waals surface area contributed by atoms with Gasteiger partial charge in [0.1, 0.15) is 0 Å². The van der Waals surface area contributed by atoms with Crippen LogP contribution in [0.4, 0.5) is 14.5 Å². The Morgan fingerprint density at radius 1 is 1.19 bits per heavy atom. The van der Waals surface area contributed by atoms with Crippen molar-refractivity contribution in [1.29, 1.82) is 0 Å². The first-order valence-electron chi connectivity index (χ1n) is 8.11. The molecule has 3 rings (SSSR count). The van der Waals surface area contributed by atoms with Crippen molar-refractivity contribution in [2.24, 2.45) is 5.92 Å². The number of aromatic carboxylic acids is 1. The summed E-state index contributed by atoms with van der Waals surface area (Å²) in [5.41, 5.74) is 0.190. The smallest absolute Gasteiger partial charge is 0.335 e. The highest BCUT2D eigenvalue weighted by Gasteiger charge is 2.45. The van der Waals surface area contributed by atoms with Crippen LogP contribution in [-0.4, -0.2) is 31.2 Å². The molecular formula is C19H17F2NO5. The second-order valence-electron chi connectivity index (χ2n) is 6.15. The summed E-state index contributed by atoms with van der Waals surface area (Å²) in [5.74, 6) is -4.21. The molecule has 27 heavy (non-hydrogen) atoms. The van der Waals surface area contributed by atoms with Crippen LogP contribution < -0.4 is 14.8 Å². The van der Waals surface area contributed by atoms with Crippen LogP contribution >= 0.6 is 0 Å². The summed E-state index contributed by atoms with van der Waals surface area (Å²) in [5, 5.41) is 11.8. The molecule has 6 nitrogen and oxygen atoms in total. The molecule has 2 atom stereocenters. The summed E-state index contributed by atoms with van der Waals surface area (Å²) in [7, 11) is 2.70. The molecule has 2 unspecified atom stereocenters. The minimum atomic E-state index is -1.20. The maximum Gasteiger partial charge on any atom is 0.335 e. The van der Waals surface area contributed by atoms with Crippen LogP contribution in [0, 0.1) is 17.6 Å². The first kappa shape index (κ1) is 18.6. The van der Waals surface area contributed by atoms with Gasteiger partial charge >= 0.3 is 5.97 Å². The molecule has 2 aromatic carbocycles. The number of halogens is 2. The standard InChI is InChI=1S/C19H17F2NO5/c1-26-15-7-9(19(24)25)6-14(17(15)27-2)22-18(23)12-8-11(12)10-4-3-5-13(20)16(10)21/h3-7,11-12H,8H2,1-2H3,(H,22,23)(H,24,25). The molecule has 0 aromatic heterocycles. The van der Waals surface area contributed by atoms with Crippen LogP contribution in [0.1, 0.15) is 28.3 Å². The molecule has 0 spiro atoms. The van der Waals surface area contributed by atoms with Crippen molar-refractivity contribution in [3.05, 3.63) is 53.1 Å². The summed E-state index contributed by atoms with van der Waals surface area (Å²) in [6, 6.07) is 6.39. The maximum atomic E-state index is 13.9. The number of methoxy groups -OCH3 is 2. The molecule has 142 valence electrons. The average Bonchev–Trinajstić information content (AvgIpc) is 3.43. The van der Waals surface area contributed by atoms with Gasteiger partial charge in [0, 0.05) is 5.92 Å². The third kappa shape index (κ3) is 3.55. The summed E-state index contributed by atoms with van der Waals surface area (Å²) >= 11 is 0. The van der Waals surface area contributed by atoms with E-state index in [1.54, 1.807) is 0 Å². The molecule has 1 fully saturated rings. The lowest BCUT2D eigenvalue weighted by Gasteiger charge is -2.15. The molecule has 1 saturated carbocycles. The number of carboxylic acids is 1. The molecule has 0 bridgehead atoms. The quantitative estimate of drug-likeness (QED) is 0.806. The molecule has 1 amide bonds. The predicted molar refractivity (Wildman–Crippen MR) is 92.3 cm³/mol. The Labute approximate surface area is 153 Å². The lowest BCUT2D eigenvalue weighted by molar-refractivity contribution is -0.117. The van der Waals surface area contributed by atoms with Crippen LogP contribution in [0.5, 0.6) is 11.5 Å². The van der Waals surface area contributed by atoms with Crippen molar-refractivity contribution < 1.29 is 33.0 Å². The Kier molecular flexibility index (Phi) is 4.98. The Hall–Kier alpha value is -3.16. The predicted octanol–water partition coefficient (Wildman–Crippen LogP) is 3.42. The molecule has 1 aliphatic carbocycles. The van der Waals surface area contributed by atoms with Crippen LogP contribution in [0.25, 0.3) is 0 Å². The van der Waals surface area contributed by atoms with Crippen LogP contribution in [0.3, 0.4) is 0 Å². The zero-order chi connectivity index (χ0) is 19.7. The Morgan fingerprint density at radius 3 is 2.56 bits per heavy atom. The number of carbonyl (C=O) groups excluding carboxylic acids is 1. The third-order valence-electron chi connectivity index (χ3n) is 4.49. The summed E-state index contributed by atoms with van der Waals surface area (Å²) in [6.07, 6.45) is 0.365. The van der Waals surface area contributed by atoms with E-state index in [4.69, 9.17) is 9.47 Å². The molecule has 0 heterocycles. The SMILES string of the molecule is COc1cc(C(=O)O)cc(NC(=O)C2CC2c2cccc(F)c2F)c1OC. The van der Waals surface area contributed by atoms with E-state index in [1.807, 2.05) is 0 Å². The largest absolute Gasteiger partial charge is 0.493 e. The van der Waals surface area contributed by atoms with Gasteiger partial charge in [-0.05, 0) is 36.1 Å². The number of rotatable bonds is 6. The number of anilines is 1. The Morgan fingerprint density at radius 2 is 1.93 bits per heavy atom. The highest BCUT2D eigenvalue weighted by atomic mass is 19.2. The number of carbonyl (C=O) groups is 2. The van der Waals surface area contributed by atoms with E-state index in [0.717, 1.165) is 6.07 Å². The third-order valence-corrected chi connectivity index (χ3v) is 4.49. The van der Waals surface area contributed by atoms with Crippen molar-refractivity contribution in [1.82, 2.24) is 0 Å². The fourth-order valence-corrected chi connectivity index (χ4v) is 3.04. The molecule has 2 aromatic rings. The first-order chi connectivity index (χ1) is 12.9. The number of ether oxygens (including phenoxy) is 2. The number of amides is 1. The van der Waals surface area contributed by atoms with Gasteiger partial charge in [-0.3, -0.25) is 4.79 Å². The first-order valence-corrected chi connectivity index (χ1v) is 8.11. The summed E-state index contributed by atoms with van der Waals surface area (Å²) in [6.45, 7) is 0. The molecular weight excluding hydrogens is 360 g/mol. The Balaban J connectivity index is 1.83. The molecule has 8 heteroatoms. The van der Waals surface area contributed by atoms with Gasteiger partial charge in [0.25, 0.3) is 0 Å². The van der Waals surface area contributed by atoms with Crippen molar-refractivity contribution in [3.8, 4) is 11.5 Å². The topological polar surface area (TPSA) is 84.9 Å². The molecule has 0 radical (unpaired) electrons. The number of benzene rings is 2. The normalized spacial score (nSPS) is 17.9. The number of hydrogen-bond donors (Lipinski definition) is 2. The van der Waals surface area contributed by atoms with Gasteiger partial charge in [0.05, 0.1) is 25.5 Å². The highest BCUT2D eigenvalue weighted by Crippen LogP contribution is 2.49. The van der Waals surface area contributed by atoms with E-state index >= 15 is 0 Å². The van der Waals surface area contributed by atoms with E-state index in [0.29, 0.717) is 6.42 Å². The summed E-state index contributed by atoms with van der Waals surface area (Å²) in [4.78, 5) is 23.8. The lowest BCUT2D eigenvalue weighted by Crippen LogP contribution is -2.16. The number of carboxylic acid groups (broad SMARTS) is 1. The fourth-order valence-electron chi connectivity index (χ4n) is 3.04. The Bertz CT molecular complexity index is 915. The van der Waals surface area contributed by atoms with Gasteiger partial charge in [-0.15, -0.1) is 0 Å². The summed E-state index contributed by atoms with van der Waals surface area (Å²) < 4.78 is 37.6. The fraction of sp³-hybridized carbons (Fsp3) is 0.263. The second-order valence-corrected chi connectivity index (χ2v) is 6.15. The zero-order valence-corrected chi connectivity index (χ0v) is 14.6. The van der Waals surface area contributed by atoms with Crippen molar-refractivity contribution in [3.63, 3.8) is 0 Å². The molecule has 0 aliphatic heterocycles. The van der Waals surface area contributed by atoms with Crippen LogP contribution in [-0.2, 0) is 4.79 Å². The van der Waals surface area contributed by atoms with E-state index in [9.17, 15) is 23.5 Å². The average molecular weight is 377 g/mol. The van der Waals surface area contributed by atoms with E-state index in [1.165, 1.54) is 38.5 Å². The maximum absolute atomic E-state index is 13.9. The van der Waals surface area contributed by atoms with Gasteiger partial charge in [-0.2, -0.15) is 0 Å². The van der Waals surface area contributed by atoms with E-state index in [2.05, 4.69) is 5.32 Å². The van der Waals surface area contributed by atoms with Crippen LogP contribution in [0.2, 0.25) is 0 Å². The number of hydrogen-bond acceptors (Lipinski definition) is 4. The van der Waals surface area contributed by atoms with Gasteiger partial charge in [-0.1, -0.05) is 12.1 Å². The minimum Gasteiger partial charge on any atom is -0.493 e. The zero-order valence-electron chi connectivity index (χ0n) is 14.6. The minimum absolute atomic E-state index is 0.0912. The van der Waals surface area contributed by atoms with Gasteiger partial charge < -0.3 is 19.9 Å². The second kappa shape index (κ2) is 7.22. The number of nitrogens with one attached hydrogen (secondary N) is 1. The van der Waals surface area contributed by atoms with E-state index in [-0.39, 0.29) is 28.3 Å². The van der Waals surface area contributed by atoms with Gasteiger partial charge in [-0.25, -0.2) is 13.6 Å². The van der Waals surface area contributed by atoms with Crippen molar-refractivity contribution in [2.75, 3.05) is 19.5 Å². The van der Waals surface area contributed by atoms with Crippen molar-refractivity contribution >= 4 is 17.6 Å². The molecule has 2 N–H and O–H groups in total. The van der Waals surface area contributed by atoms with E-state index < -0.39 is 35.3 Å².